The van der Waals surface area contributed by atoms with Gasteiger partial charge in [0.25, 0.3) is 0 Å². The van der Waals surface area contributed by atoms with Crippen LogP contribution in [0.25, 0.3) is 0 Å². The van der Waals surface area contributed by atoms with Gasteiger partial charge in [-0.05, 0) is 29.8 Å². The second-order valence-electron chi connectivity index (χ2n) is 3.66. The molecule has 0 radical (unpaired) electrons. The van der Waals surface area contributed by atoms with E-state index in [1.54, 1.807) is 12.4 Å². The van der Waals surface area contributed by atoms with Crippen molar-refractivity contribution in [2.24, 2.45) is 0 Å². The third kappa shape index (κ3) is 4.14. The zero-order chi connectivity index (χ0) is 12.1. The third-order valence-electron chi connectivity index (χ3n) is 2.44. The zero-order valence-corrected chi connectivity index (χ0v) is 11.9. The molecule has 2 aromatic rings. The lowest BCUT2D eigenvalue weighted by Crippen LogP contribution is -2.13. The molecule has 0 aliphatic carbocycles. The van der Waals surface area contributed by atoms with Crippen molar-refractivity contribution in [1.29, 1.82) is 0 Å². The lowest BCUT2D eigenvalue weighted by molar-refractivity contribution is 0.693. The maximum atomic E-state index is 6.08. The van der Waals surface area contributed by atoms with E-state index in [1.165, 1.54) is 5.56 Å². The fraction of sp³-hybridized carbons (Fsp3) is 0.154. The molecule has 5 heteroatoms. The van der Waals surface area contributed by atoms with Gasteiger partial charge in [0.1, 0.15) is 0 Å². The summed E-state index contributed by atoms with van der Waals surface area (Å²) in [5.41, 5.74) is 2.12. The number of hydrogen-bond donors (Lipinski definition) is 1. The molecule has 0 aliphatic heterocycles. The average Bonchev–Trinajstić information content (AvgIpc) is 2.34. The van der Waals surface area contributed by atoms with Gasteiger partial charge in [0.05, 0.1) is 0 Å². The SMILES string of the molecule is Cl.Clc1cccc(Cl)c1CNCc1ccncc1. The molecule has 96 valence electrons. The summed E-state index contributed by atoms with van der Waals surface area (Å²) in [6, 6.07) is 9.48. The second kappa shape index (κ2) is 7.59. The largest absolute Gasteiger partial charge is 0.309 e. The van der Waals surface area contributed by atoms with Gasteiger partial charge in [0.15, 0.2) is 0 Å². The molecule has 1 aromatic heterocycles. The van der Waals surface area contributed by atoms with Crippen LogP contribution in [0, 0.1) is 0 Å². The fourth-order valence-electron chi connectivity index (χ4n) is 1.53. The molecule has 1 aromatic carbocycles. The lowest BCUT2D eigenvalue weighted by Gasteiger charge is -2.08. The van der Waals surface area contributed by atoms with Gasteiger partial charge in [-0.1, -0.05) is 29.3 Å². The molecule has 1 N–H and O–H groups in total. The van der Waals surface area contributed by atoms with Crippen molar-refractivity contribution in [3.8, 4) is 0 Å². The number of pyridine rings is 1. The van der Waals surface area contributed by atoms with Crippen molar-refractivity contribution in [3.05, 3.63) is 63.9 Å². The molecule has 2 rings (SSSR count). The number of nitrogens with zero attached hydrogens (tertiary/aromatic N) is 1. The number of rotatable bonds is 4. The van der Waals surface area contributed by atoms with E-state index in [4.69, 9.17) is 23.2 Å². The summed E-state index contributed by atoms with van der Waals surface area (Å²) < 4.78 is 0. The Morgan fingerprint density at radius 2 is 1.56 bits per heavy atom. The van der Waals surface area contributed by atoms with E-state index in [2.05, 4.69) is 10.3 Å². The van der Waals surface area contributed by atoms with Crippen molar-refractivity contribution in [2.75, 3.05) is 0 Å². The van der Waals surface area contributed by atoms with Crippen LogP contribution < -0.4 is 5.32 Å². The van der Waals surface area contributed by atoms with Crippen molar-refractivity contribution >= 4 is 35.6 Å². The van der Waals surface area contributed by atoms with Crippen LogP contribution >= 0.6 is 35.6 Å². The lowest BCUT2D eigenvalue weighted by atomic mass is 10.2. The Hall–Kier alpha value is -0.800. The van der Waals surface area contributed by atoms with Crippen LogP contribution in [0.15, 0.2) is 42.7 Å². The van der Waals surface area contributed by atoms with E-state index in [9.17, 15) is 0 Å². The molecule has 0 aliphatic rings. The number of halogens is 3. The molecule has 0 bridgehead atoms. The van der Waals surface area contributed by atoms with Gasteiger partial charge in [0.2, 0.25) is 0 Å². The molecule has 0 spiro atoms. The molecule has 0 atom stereocenters. The van der Waals surface area contributed by atoms with Gasteiger partial charge in [-0.2, -0.15) is 0 Å². The summed E-state index contributed by atoms with van der Waals surface area (Å²) in [7, 11) is 0. The number of benzene rings is 1. The monoisotopic (exact) mass is 302 g/mol. The molecule has 0 saturated heterocycles. The van der Waals surface area contributed by atoms with E-state index in [0.717, 1.165) is 12.1 Å². The summed E-state index contributed by atoms with van der Waals surface area (Å²) in [5.74, 6) is 0. The summed E-state index contributed by atoms with van der Waals surface area (Å²) in [4.78, 5) is 3.97. The van der Waals surface area contributed by atoms with Gasteiger partial charge in [-0.15, -0.1) is 12.4 Å². The Morgan fingerprint density at radius 3 is 2.17 bits per heavy atom. The molecule has 0 unspecified atom stereocenters. The highest BCUT2D eigenvalue weighted by Crippen LogP contribution is 2.23. The van der Waals surface area contributed by atoms with E-state index in [0.29, 0.717) is 16.6 Å². The molecule has 0 saturated carbocycles. The molecule has 0 amide bonds. The van der Waals surface area contributed by atoms with Gasteiger partial charge >= 0.3 is 0 Å². The van der Waals surface area contributed by atoms with E-state index in [-0.39, 0.29) is 12.4 Å². The van der Waals surface area contributed by atoms with E-state index < -0.39 is 0 Å². The summed E-state index contributed by atoms with van der Waals surface area (Å²) >= 11 is 12.2. The van der Waals surface area contributed by atoms with Crippen LogP contribution in [-0.2, 0) is 13.1 Å². The predicted octanol–water partition coefficient (Wildman–Crippen LogP) is 4.10. The molecular weight excluding hydrogens is 291 g/mol. The third-order valence-corrected chi connectivity index (χ3v) is 3.15. The number of aromatic nitrogens is 1. The van der Waals surface area contributed by atoms with Crippen LogP contribution in [0.4, 0.5) is 0 Å². The summed E-state index contributed by atoms with van der Waals surface area (Å²) in [6.45, 7) is 1.42. The zero-order valence-electron chi connectivity index (χ0n) is 9.57. The van der Waals surface area contributed by atoms with E-state index in [1.807, 2.05) is 30.3 Å². The Balaban J connectivity index is 0.00000162. The maximum absolute atomic E-state index is 6.08. The van der Waals surface area contributed by atoms with Crippen LogP contribution in [0.3, 0.4) is 0 Å². The first-order chi connectivity index (χ1) is 8.27. The average molecular weight is 304 g/mol. The molecule has 18 heavy (non-hydrogen) atoms. The maximum Gasteiger partial charge on any atom is 0.0465 e. The van der Waals surface area contributed by atoms with Gasteiger partial charge in [-0.25, -0.2) is 0 Å². The van der Waals surface area contributed by atoms with Crippen molar-refractivity contribution in [1.82, 2.24) is 10.3 Å². The van der Waals surface area contributed by atoms with E-state index >= 15 is 0 Å². The normalized spacial score (nSPS) is 9.89. The van der Waals surface area contributed by atoms with Gasteiger partial charge in [0, 0.05) is 41.1 Å². The minimum Gasteiger partial charge on any atom is -0.309 e. The van der Waals surface area contributed by atoms with Crippen molar-refractivity contribution in [3.63, 3.8) is 0 Å². The highest BCUT2D eigenvalue weighted by atomic mass is 35.5. The molecule has 2 nitrogen and oxygen atoms in total. The Bertz CT molecular complexity index is 469. The van der Waals surface area contributed by atoms with Crippen LogP contribution in [0.1, 0.15) is 11.1 Å². The van der Waals surface area contributed by atoms with Crippen LogP contribution in [-0.4, -0.2) is 4.98 Å². The quantitative estimate of drug-likeness (QED) is 0.920. The standard InChI is InChI=1S/C13H12Cl2N2.ClH/c14-12-2-1-3-13(15)11(12)9-17-8-10-4-6-16-7-5-10;/h1-7,17H,8-9H2;1H. The summed E-state index contributed by atoms with van der Waals surface area (Å²) in [5, 5.41) is 4.69. The first-order valence-electron chi connectivity index (χ1n) is 5.30. The Morgan fingerprint density at radius 1 is 0.944 bits per heavy atom. The minimum atomic E-state index is 0. The first-order valence-corrected chi connectivity index (χ1v) is 6.05. The van der Waals surface area contributed by atoms with Crippen LogP contribution in [0.5, 0.6) is 0 Å². The van der Waals surface area contributed by atoms with Gasteiger partial charge < -0.3 is 5.32 Å². The predicted molar refractivity (Wildman–Crippen MR) is 78.5 cm³/mol. The fourth-order valence-corrected chi connectivity index (χ4v) is 2.06. The molecular formula is C13H13Cl3N2. The molecule has 1 heterocycles. The number of nitrogens with one attached hydrogen (secondary N) is 1. The highest BCUT2D eigenvalue weighted by Gasteiger charge is 2.04. The Kier molecular flexibility index (Phi) is 6.44. The Labute approximate surface area is 123 Å². The second-order valence-corrected chi connectivity index (χ2v) is 4.47. The van der Waals surface area contributed by atoms with Crippen LogP contribution in [0.2, 0.25) is 10.0 Å². The number of hydrogen-bond acceptors (Lipinski definition) is 2. The van der Waals surface area contributed by atoms with Crippen molar-refractivity contribution < 1.29 is 0 Å². The smallest absolute Gasteiger partial charge is 0.0465 e. The highest BCUT2D eigenvalue weighted by molar-refractivity contribution is 6.35. The minimum absolute atomic E-state index is 0. The molecule has 0 fully saturated rings. The van der Waals surface area contributed by atoms with Gasteiger partial charge in [-0.3, -0.25) is 4.98 Å². The summed E-state index contributed by atoms with van der Waals surface area (Å²) in [6.07, 6.45) is 3.55. The first kappa shape index (κ1) is 15.3. The topological polar surface area (TPSA) is 24.9 Å². The van der Waals surface area contributed by atoms with Crippen molar-refractivity contribution in [2.45, 2.75) is 13.1 Å².